The van der Waals surface area contributed by atoms with Crippen LogP contribution in [0.5, 0.6) is 0 Å². The summed E-state index contributed by atoms with van der Waals surface area (Å²) in [7, 11) is 0. The highest BCUT2D eigenvalue weighted by molar-refractivity contribution is 6.35. The zero-order chi connectivity index (χ0) is 16.4. The highest BCUT2D eigenvalue weighted by Crippen LogP contribution is 2.30. The van der Waals surface area contributed by atoms with E-state index >= 15 is 0 Å². The van der Waals surface area contributed by atoms with Gasteiger partial charge in [0.05, 0.1) is 5.92 Å². The Balaban J connectivity index is 0.00000208. The Morgan fingerprint density at radius 2 is 1.79 bits per heavy atom. The normalized spacial score (nSPS) is 21.5. The number of carbonyl (C=O) groups is 2. The van der Waals surface area contributed by atoms with Crippen molar-refractivity contribution in [2.24, 2.45) is 5.92 Å². The Labute approximate surface area is 157 Å². The van der Waals surface area contributed by atoms with Crippen molar-refractivity contribution in [3.63, 3.8) is 0 Å². The summed E-state index contributed by atoms with van der Waals surface area (Å²) in [5.41, 5.74) is 0.643. The van der Waals surface area contributed by atoms with Crippen LogP contribution in [-0.2, 0) is 9.59 Å². The maximum absolute atomic E-state index is 12.4. The van der Waals surface area contributed by atoms with Gasteiger partial charge in [-0.05, 0) is 44.1 Å². The lowest BCUT2D eigenvalue weighted by Crippen LogP contribution is -2.45. The Bertz CT molecular complexity index is 600. The minimum atomic E-state index is -0.324. The molecule has 24 heavy (non-hydrogen) atoms. The largest absolute Gasteiger partial charge is 0.353 e. The van der Waals surface area contributed by atoms with E-state index < -0.39 is 0 Å². The number of nitrogens with zero attached hydrogens (tertiary/aromatic N) is 1. The van der Waals surface area contributed by atoms with Gasteiger partial charge in [0.25, 0.3) is 0 Å². The highest BCUT2D eigenvalue weighted by atomic mass is 35.5. The number of halogens is 3. The Hall–Kier alpha value is -1.01. The van der Waals surface area contributed by atoms with Crippen molar-refractivity contribution in [3.05, 3.63) is 28.2 Å². The molecule has 3 rings (SSSR count). The molecule has 2 saturated heterocycles. The molecule has 0 aromatic heterocycles. The molecule has 2 aliphatic rings. The predicted octanol–water partition coefficient (Wildman–Crippen LogP) is 2.64. The number of amides is 2. The van der Waals surface area contributed by atoms with Crippen LogP contribution >= 0.6 is 35.6 Å². The smallest absolute Gasteiger partial charge is 0.227 e. The molecule has 2 aliphatic heterocycles. The van der Waals surface area contributed by atoms with Crippen LogP contribution in [0, 0.1) is 5.92 Å². The van der Waals surface area contributed by atoms with Gasteiger partial charge in [0.1, 0.15) is 0 Å². The fourth-order valence-electron chi connectivity index (χ4n) is 3.11. The minimum Gasteiger partial charge on any atom is -0.353 e. The molecular weight excluding hydrogens is 373 g/mol. The van der Waals surface area contributed by atoms with Crippen molar-refractivity contribution in [1.29, 1.82) is 0 Å². The van der Waals surface area contributed by atoms with Crippen molar-refractivity contribution in [1.82, 2.24) is 10.6 Å². The molecule has 2 amide bonds. The summed E-state index contributed by atoms with van der Waals surface area (Å²) in [6, 6.07) is 5.21. The van der Waals surface area contributed by atoms with Gasteiger partial charge in [-0.1, -0.05) is 23.2 Å². The minimum absolute atomic E-state index is 0. The number of hydrogen-bond donors (Lipinski definition) is 2. The zero-order valence-electron chi connectivity index (χ0n) is 13.1. The summed E-state index contributed by atoms with van der Waals surface area (Å²) in [5.74, 6) is -0.440. The van der Waals surface area contributed by atoms with E-state index in [1.54, 1.807) is 23.1 Å². The third-order valence-corrected chi connectivity index (χ3v) is 4.78. The Kier molecular flexibility index (Phi) is 6.75. The Morgan fingerprint density at radius 1 is 1.17 bits per heavy atom. The summed E-state index contributed by atoms with van der Waals surface area (Å²) >= 11 is 12.0. The van der Waals surface area contributed by atoms with Gasteiger partial charge in [-0.25, -0.2) is 0 Å². The second kappa shape index (κ2) is 8.39. The van der Waals surface area contributed by atoms with Gasteiger partial charge in [0, 0.05) is 34.7 Å². The summed E-state index contributed by atoms with van der Waals surface area (Å²) in [5, 5.41) is 7.28. The number of carbonyl (C=O) groups excluding carboxylic acids is 2. The maximum Gasteiger partial charge on any atom is 0.227 e. The number of piperidine rings is 1. The van der Waals surface area contributed by atoms with E-state index in [9.17, 15) is 9.59 Å². The summed E-state index contributed by atoms with van der Waals surface area (Å²) in [6.45, 7) is 2.20. The fraction of sp³-hybridized carbons (Fsp3) is 0.500. The topological polar surface area (TPSA) is 61.4 Å². The monoisotopic (exact) mass is 391 g/mol. The molecule has 1 unspecified atom stereocenters. The van der Waals surface area contributed by atoms with Crippen LogP contribution in [0.3, 0.4) is 0 Å². The lowest BCUT2D eigenvalue weighted by molar-refractivity contribution is -0.127. The molecule has 132 valence electrons. The molecule has 1 aromatic carbocycles. The molecule has 2 fully saturated rings. The summed E-state index contributed by atoms with van der Waals surface area (Å²) in [6.07, 6.45) is 2.08. The van der Waals surface area contributed by atoms with Crippen molar-refractivity contribution < 1.29 is 9.59 Å². The molecule has 5 nitrogen and oxygen atoms in total. The first-order chi connectivity index (χ1) is 11.0. The lowest BCUT2D eigenvalue weighted by atomic mass is 10.0. The predicted molar refractivity (Wildman–Crippen MR) is 98.2 cm³/mol. The number of hydrogen-bond acceptors (Lipinski definition) is 3. The van der Waals surface area contributed by atoms with Crippen molar-refractivity contribution in [2.45, 2.75) is 25.3 Å². The molecule has 0 aliphatic carbocycles. The van der Waals surface area contributed by atoms with Crippen LogP contribution in [0.1, 0.15) is 19.3 Å². The third kappa shape index (κ3) is 4.54. The molecule has 0 bridgehead atoms. The van der Waals surface area contributed by atoms with Crippen molar-refractivity contribution in [2.75, 3.05) is 24.5 Å². The van der Waals surface area contributed by atoms with E-state index in [0.717, 1.165) is 25.9 Å². The summed E-state index contributed by atoms with van der Waals surface area (Å²) in [4.78, 5) is 26.2. The van der Waals surface area contributed by atoms with Gasteiger partial charge < -0.3 is 15.5 Å². The molecule has 8 heteroatoms. The van der Waals surface area contributed by atoms with E-state index in [1.165, 1.54) is 0 Å². The van der Waals surface area contributed by atoms with E-state index in [4.69, 9.17) is 23.2 Å². The SMILES string of the molecule is Cl.O=C(NC1CCNCC1)C1CC(=O)N(c2cc(Cl)cc(Cl)c2)C1. The number of nitrogens with one attached hydrogen (secondary N) is 2. The first-order valence-electron chi connectivity index (χ1n) is 7.80. The van der Waals surface area contributed by atoms with E-state index in [-0.39, 0.29) is 42.6 Å². The highest BCUT2D eigenvalue weighted by Gasteiger charge is 2.36. The second-order valence-electron chi connectivity index (χ2n) is 6.07. The van der Waals surface area contributed by atoms with Crippen LogP contribution in [0.4, 0.5) is 5.69 Å². The van der Waals surface area contributed by atoms with Gasteiger partial charge in [-0.3, -0.25) is 9.59 Å². The van der Waals surface area contributed by atoms with E-state index in [2.05, 4.69) is 10.6 Å². The van der Waals surface area contributed by atoms with Crippen LogP contribution < -0.4 is 15.5 Å². The van der Waals surface area contributed by atoms with E-state index in [0.29, 0.717) is 22.3 Å². The first-order valence-corrected chi connectivity index (χ1v) is 8.56. The Morgan fingerprint density at radius 3 is 2.42 bits per heavy atom. The second-order valence-corrected chi connectivity index (χ2v) is 6.94. The van der Waals surface area contributed by atoms with Crippen LogP contribution in [0.15, 0.2) is 18.2 Å². The quantitative estimate of drug-likeness (QED) is 0.831. The van der Waals surface area contributed by atoms with Gasteiger partial charge >= 0.3 is 0 Å². The molecule has 0 spiro atoms. The van der Waals surface area contributed by atoms with Gasteiger partial charge in [-0.2, -0.15) is 0 Å². The van der Waals surface area contributed by atoms with Crippen molar-refractivity contribution in [3.8, 4) is 0 Å². The maximum atomic E-state index is 12.4. The molecule has 1 aromatic rings. The molecule has 1 atom stereocenters. The van der Waals surface area contributed by atoms with Gasteiger partial charge in [0.15, 0.2) is 0 Å². The average molecular weight is 393 g/mol. The van der Waals surface area contributed by atoms with Crippen LogP contribution in [0.25, 0.3) is 0 Å². The standard InChI is InChI=1S/C16H19Cl2N3O2.ClH/c17-11-6-12(18)8-14(7-11)21-9-10(5-15(21)22)16(23)20-13-1-3-19-4-2-13;/h6-8,10,13,19H,1-5,9H2,(H,20,23);1H. The zero-order valence-corrected chi connectivity index (χ0v) is 15.4. The van der Waals surface area contributed by atoms with Crippen LogP contribution in [0.2, 0.25) is 10.0 Å². The number of benzene rings is 1. The number of rotatable bonds is 3. The first kappa shape index (κ1) is 19.3. The average Bonchev–Trinajstić information content (AvgIpc) is 2.89. The number of anilines is 1. The molecular formula is C16H20Cl3N3O2. The van der Waals surface area contributed by atoms with Crippen molar-refractivity contribution >= 4 is 53.1 Å². The van der Waals surface area contributed by atoms with E-state index in [1.807, 2.05) is 0 Å². The molecule has 0 saturated carbocycles. The third-order valence-electron chi connectivity index (χ3n) is 4.34. The molecule has 2 heterocycles. The van der Waals surface area contributed by atoms with Gasteiger partial charge in [0.2, 0.25) is 11.8 Å². The molecule has 2 N–H and O–H groups in total. The summed E-state index contributed by atoms with van der Waals surface area (Å²) < 4.78 is 0. The molecule has 0 radical (unpaired) electrons. The van der Waals surface area contributed by atoms with Crippen LogP contribution in [-0.4, -0.2) is 37.5 Å². The van der Waals surface area contributed by atoms with Gasteiger partial charge in [-0.15, -0.1) is 12.4 Å². The fourth-order valence-corrected chi connectivity index (χ4v) is 3.63. The lowest BCUT2D eigenvalue weighted by Gasteiger charge is -2.25.